The van der Waals surface area contributed by atoms with Gasteiger partial charge in [-0.25, -0.2) is 0 Å². The van der Waals surface area contributed by atoms with E-state index in [1.165, 1.54) is 6.07 Å². The Bertz CT molecular complexity index is 522. The van der Waals surface area contributed by atoms with Crippen molar-refractivity contribution >= 4 is 24.0 Å². The molecule has 7 heteroatoms. The lowest BCUT2D eigenvalue weighted by molar-refractivity contribution is -0.385. The number of amides is 1. The van der Waals surface area contributed by atoms with Crippen LogP contribution in [0.4, 0.5) is 5.69 Å². The van der Waals surface area contributed by atoms with E-state index in [1.54, 1.807) is 24.0 Å². The Labute approximate surface area is 123 Å². The maximum Gasteiger partial charge on any atom is 0.273 e. The lowest BCUT2D eigenvalue weighted by Crippen LogP contribution is -2.51. The first kappa shape index (κ1) is 16.4. The molecule has 2 rings (SSSR count). The van der Waals surface area contributed by atoms with Gasteiger partial charge >= 0.3 is 0 Å². The van der Waals surface area contributed by atoms with Gasteiger partial charge in [-0.1, -0.05) is 6.07 Å². The fraction of sp³-hybridized carbons (Fsp3) is 0.462. The molecule has 1 aromatic carbocycles. The summed E-state index contributed by atoms with van der Waals surface area (Å²) in [4.78, 5) is 24.6. The Kier molecular flexibility index (Phi) is 5.47. The molecule has 20 heavy (non-hydrogen) atoms. The Hall–Kier alpha value is -1.66. The zero-order valence-corrected chi connectivity index (χ0v) is 12.3. The van der Waals surface area contributed by atoms with Gasteiger partial charge in [0, 0.05) is 42.9 Å². The molecule has 1 heterocycles. The van der Waals surface area contributed by atoms with Crippen LogP contribution in [-0.2, 0) is 0 Å². The first-order valence-corrected chi connectivity index (χ1v) is 6.27. The van der Waals surface area contributed by atoms with Gasteiger partial charge in [0.15, 0.2) is 0 Å². The van der Waals surface area contributed by atoms with Crippen LogP contribution < -0.4 is 5.32 Å². The molecule has 1 aliphatic heterocycles. The van der Waals surface area contributed by atoms with Gasteiger partial charge in [-0.05, 0) is 19.9 Å². The Morgan fingerprint density at radius 1 is 1.50 bits per heavy atom. The molecule has 0 radical (unpaired) electrons. The Morgan fingerprint density at radius 2 is 2.20 bits per heavy atom. The van der Waals surface area contributed by atoms with E-state index in [2.05, 4.69) is 5.32 Å². The van der Waals surface area contributed by atoms with Crippen molar-refractivity contribution in [3.05, 3.63) is 39.4 Å². The molecule has 1 saturated heterocycles. The number of hydrogen-bond donors (Lipinski definition) is 1. The zero-order valence-electron chi connectivity index (χ0n) is 11.5. The summed E-state index contributed by atoms with van der Waals surface area (Å²) in [6.07, 6.45) is 0. The standard InChI is InChI=1S/C13H17N3O3.ClH/c1-9-8-15(7-6-14-9)13(17)11-4-3-5-12(10(11)2)16(18)19;/h3-5,9,14H,6-8H2,1-2H3;1H/t9-;/m1./s1. The molecule has 1 fully saturated rings. The summed E-state index contributed by atoms with van der Waals surface area (Å²) in [6, 6.07) is 4.88. The van der Waals surface area contributed by atoms with E-state index in [9.17, 15) is 14.9 Å². The van der Waals surface area contributed by atoms with E-state index in [0.29, 0.717) is 24.2 Å². The van der Waals surface area contributed by atoms with Crippen LogP contribution in [0.25, 0.3) is 0 Å². The molecule has 1 N–H and O–H groups in total. The number of rotatable bonds is 2. The quantitative estimate of drug-likeness (QED) is 0.667. The van der Waals surface area contributed by atoms with Gasteiger partial charge in [-0.3, -0.25) is 14.9 Å². The number of carbonyl (C=O) groups is 1. The molecule has 0 spiro atoms. The molecule has 0 aromatic heterocycles. The highest BCUT2D eigenvalue weighted by Gasteiger charge is 2.25. The maximum atomic E-state index is 12.4. The van der Waals surface area contributed by atoms with Crippen molar-refractivity contribution in [2.24, 2.45) is 0 Å². The molecule has 110 valence electrons. The predicted molar refractivity (Wildman–Crippen MR) is 78.4 cm³/mol. The summed E-state index contributed by atoms with van der Waals surface area (Å²) in [6.45, 7) is 5.64. The van der Waals surface area contributed by atoms with Gasteiger partial charge in [-0.2, -0.15) is 0 Å². The third kappa shape index (κ3) is 3.26. The second-order valence-electron chi connectivity index (χ2n) is 4.81. The third-order valence-corrected chi connectivity index (χ3v) is 3.39. The molecule has 1 atom stereocenters. The van der Waals surface area contributed by atoms with Crippen molar-refractivity contribution in [3.63, 3.8) is 0 Å². The van der Waals surface area contributed by atoms with Gasteiger partial charge in [0.2, 0.25) is 0 Å². The van der Waals surface area contributed by atoms with Crippen molar-refractivity contribution in [1.29, 1.82) is 0 Å². The third-order valence-electron chi connectivity index (χ3n) is 3.39. The number of nitrogens with zero attached hydrogens (tertiary/aromatic N) is 2. The van der Waals surface area contributed by atoms with Gasteiger partial charge in [0.25, 0.3) is 11.6 Å². The number of nitrogens with one attached hydrogen (secondary N) is 1. The largest absolute Gasteiger partial charge is 0.336 e. The number of halogens is 1. The van der Waals surface area contributed by atoms with E-state index in [0.717, 1.165) is 6.54 Å². The Balaban J connectivity index is 0.00000200. The van der Waals surface area contributed by atoms with Gasteiger partial charge in [-0.15, -0.1) is 12.4 Å². The summed E-state index contributed by atoms with van der Waals surface area (Å²) >= 11 is 0. The predicted octanol–water partition coefficient (Wildman–Crippen LogP) is 1.76. The number of nitro benzene ring substituents is 1. The van der Waals surface area contributed by atoms with Crippen molar-refractivity contribution in [3.8, 4) is 0 Å². The van der Waals surface area contributed by atoms with Crippen LogP contribution in [0, 0.1) is 17.0 Å². The molecule has 0 unspecified atom stereocenters. The number of nitro groups is 1. The summed E-state index contributed by atoms with van der Waals surface area (Å²) in [7, 11) is 0. The average Bonchev–Trinajstić information content (AvgIpc) is 2.38. The van der Waals surface area contributed by atoms with E-state index in [-0.39, 0.29) is 30.0 Å². The van der Waals surface area contributed by atoms with Gasteiger partial charge in [0.1, 0.15) is 0 Å². The highest BCUT2D eigenvalue weighted by Crippen LogP contribution is 2.22. The number of hydrogen-bond acceptors (Lipinski definition) is 4. The molecular formula is C13H18ClN3O3. The topological polar surface area (TPSA) is 75.5 Å². The van der Waals surface area contributed by atoms with Crippen LogP contribution in [-0.4, -0.2) is 41.4 Å². The summed E-state index contributed by atoms with van der Waals surface area (Å²) in [5, 5.41) is 14.2. The highest BCUT2D eigenvalue weighted by molar-refractivity contribution is 5.96. The van der Waals surface area contributed by atoms with Crippen molar-refractivity contribution in [2.45, 2.75) is 19.9 Å². The van der Waals surface area contributed by atoms with E-state index in [4.69, 9.17) is 0 Å². The summed E-state index contributed by atoms with van der Waals surface area (Å²) < 4.78 is 0. The monoisotopic (exact) mass is 299 g/mol. The minimum atomic E-state index is -0.452. The van der Waals surface area contributed by atoms with Crippen LogP contribution >= 0.6 is 12.4 Å². The van der Waals surface area contributed by atoms with E-state index >= 15 is 0 Å². The minimum absolute atomic E-state index is 0. The fourth-order valence-corrected chi connectivity index (χ4v) is 2.34. The van der Waals surface area contributed by atoms with E-state index in [1.807, 2.05) is 6.92 Å². The van der Waals surface area contributed by atoms with Crippen LogP contribution in [0.1, 0.15) is 22.8 Å². The molecule has 6 nitrogen and oxygen atoms in total. The number of benzene rings is 1. The highest BCUT2D eigenvalue weighted by atomic mass is 35.5. The lowest BCUT2D eigenvalue weighted by Gasteiger charge is -2.32. The van der Waals surface area contributed by atoms with Gasteiger partial charge in [0.05, 0.1) is 4.92 Å². The van der Waals surface area contributed by atoms with Crippen molar-refractivity contribution in [2.75, 3.05) is 19.6 Å². The van der Waals surface area contributed by atoms with Crippen molar-refractivity contribution < 1.29 is 9.72 Å². The van der Waals surface area contributed by atoms with Crippen LogP contribution in [0.3, 0.4) is 0 Å². The SMILES string of the molecule is Cc1c(C(=O)N2CCN[C@H](C)C2)cccc1[N+](=O)[O-].Cl. The second-order valence-corrected chi connectivity index (χ2v) is 4.81. The molecule has 0 saturated carbocycles. The van der Waals surface area contributed by atoms with Crippen LogP contribution in [0.5, 0.6) is 0 Å². The number of piperazine rings is 1. The average molecular weight is 300 g/mol. The fourth-order valence-electron chi connectivity index (χ4n) is 2.34. The van der Waals surface area contributed by atoms with E-state index < -0.39 is 4.92 Å². The molecule has 1 aliphatic rings. The summed E-state index contributed by atoms with van der Waals surface area (Å²) in [5.74, 6) is -0.130. The second kappa shape index (κ2) is 6.67. The first-order chi connectivity index (χ1) is 9.00. The molecule has 1 amide bonds. The van der Waals surface area contributed by atoms with Crippen LogP contribution in [0.2, 0.25) is 0 Å². The first-order valence-electron chi connectivity index (χ1n) is 6.27. The van der Waals surface area contributed by atoms with Crippen molar-refractivity contribution in [1.82, 2.24) is 10.2 Å². The van der Waals surface area contributed by atoms with Crippen LogP contribution in [0.15, 0.2) is 18.2 Å². The lowest BCUT2D eigenvalue weighted by atomic mass is 10.0. The summed E-state index contributed by atoms with van der Waals surface area (Å²) in [5.41, 5.74) is 0.848. The number of carbonyl (C=O) groups excluding carboxylic acids is 1. The zero-order chi connectivity index (χ0) is 14.0. The van der Waals surface area contributed by atoms with Gasteiger partial charge < -0.3 is 10.2 Å². The Morgan fingerprint density at radius 3 is 2.80 bits per heavy atom. The normalized spacial score (nSPS) is 18.3. The molecule has 0 aliphatic carbocycles. The maximum absolute atomic E-state index is 12.4. The smallest absolute Gasteiger partial charge is 0.273 e. The molecular weight excluding hydrogens is 282 g/mol. The molecule has 1 aromatic rings. The minimum Gasteiger partial charge on any atom is -0.336 e. The molecule has 0 bridgehead atoms.